The van der Waals surface area contributed by atoms with E-state index in [4.69, 9.17) is 9.47 Å². The molecule has 1 amide bonds. The van der Waals surface area contributed by atoms with Crippen LogP contribution in [0.15, 0.2) is 36.4 Å². The van der Waals surface area contributed by atoms with Crippen LogP contribution in [-0.4, -0.2) is 38.0 Å². The van der Waals surface area contributed by atoms with Crippen LogP contribution in [0.5, 0.6) is 11.6 Å². The molecule has 0 radical (unpaired) electrons. The van der Waals surface area contributed by atoms with Crippen molar-refractivity contribution in [2.75, 3.05) is 11.9 Å². The van der Waals surface area contributed by atoms with Crippen LogP contribution in [0.1, 0.15) is 6.92 Å². The SMILES string of the molecule is CCOC(=O)Nc1ccc(Oc2ccc3nnnn3n2)cc1. The van der Waals surface area contributed by atoms with Crippen LogP contribution in [0, 0.1) is 0 Å². The van der Waals surface area contributed by atoms with Crippen LogP contribution in [0.2, 0.25) is 0 Å². The lowest BCUT2D eigenvalue weighted by Gasteiger charge is -2.07. The zero-order valence-corrected chi connectivity index (χ0v) is 11.6. The van der Waals surface area contributed by atoms with Gasteiger partial charge in [-0.1, -0.05) is 0 Å². The Morgan fingerprint density at radius 2 is 2.05 bits per heavy atom. The Balaban J connectivity index is 1.68. The standard InChI is InChI=1S/C13H12N6O3/c1-2-21-13(20)14-9-3-5-10(6-4-9)22-12-8-7-11-15-17-18-19(11)16-12/h3-8H,2H2,1H3,(H,14,20). The smallest absolute Gasteiger partial charge is 0.411 e. The topological polar surface area (TPSA) is 104 Å². The van der Waals surface area contributed by atoms with Gasteiger partial charge in [-0.15, -0.1) is 14.8 Å². The van der Waals surface area contributed by atoms with Gasteiger partial charge in [-0.2, -0.15) is 0 Å². The number of carbonyl (C=O) groups is 1. The van der Waals surface area contributed by atoms with E-state index in [1.165, 1.54) is 4.63 Å². The Morgan fingerprint density at radius 3 is 2.82 bits per heavy atom. The second-order valence-corrected chi connectivity index (χ2v) is 4.17. The zero-order chi connectivity index (χ0) is 15.4. The monoisotopic (exact) mass is 300 g/mol. The summed E-state index contributed by atoms with van der Waals surface area (Å²) < 4.78 is 11.7. The van der Waals surface area contributed by atoms with Crippen LogP contribution in [0.25, 0.3) is 5.65 Å². The molecule has 1 N–H and O–H groups in total. The Morgan fingerprint density at radius 1 is 1.23 bits per heavy atom. The van der Waals surface area contributed by atoms with Crippen LogP contribution in [0.3, 0.4) is 0 Å². The lowest BCUT2D eigenvalue weighted by atomic mass is 10.3. The summed E-state index contributed by atoms with van der Waals surface area (Å²) in [7, 11) is 0. The molecule has 112 valence electrons. The number of nitrogens with one attached hydrogen (secondary N) is 1. The average Bonchev–Trinajstić information content (AvgIpc) is 2.97. The Hall–Kier alpha value is -3.23. The van der Waals surface area contributed by atoms with Gasteiger partial charge in [-0.25, -0.2) is 4.79 Å². The fourth-order valence-corrected chi connectivity index (χ4v) is 1.70. The number of anilines is 1. The average molecular weight is 300 g/mol. The molecule has 22 heavy (non-hydrogen) atoms. The molecule has 3 rings (SSSR count). The highest BCUT2D eigenvalue weighted by molar-refractivity contribution is 5.84. The van der Waals surface area contributed by atoms with Gasteiger partial charge < -0.3 is 9.47 Å². The highest BCUT2D eigenvalue weighted by atomic mass is 16.5. The van der Waals surface area contributed by atoms with Crippen LogP contribution < -0.4 is 10.1 Å². The number of rotatable bonds is 4. The molecule has 0 saturated heterocycles. The molecule has 9 nitrogen and oxygen atoms in total. The molecular weight excluding hydrogens is 288 g/mol. The highest BCUT2D eigenvalue weighted by Gasteiger charge is 2.05. The number of benzene rings is 1. The Bertz CT molecular complexity index is 786. The maximum Gasteiger partial charge on any atom is 0.411 e. The number of tetrazole rings is 1. The number of ether oxygens (including phenoxy) is 2. The number of aromatic nitrogens is 5. The maximum absolute atomic E-state index is 11.3. The number of carbonyl (C=O) groups excluding carboxylic acids is 1. The van der Waals surface area contributed by atoms with Crippen molar-refractivity contribution in [3.8, 4) is 11.6 Å². The lowest BCUT2D eigenvalue weighted by molar-refractivity contribution is 0.168. The highest BCUT2D eigenvalue weighted by Crippen LogP contribution is 2.21. The van der Waals surface area contributed by atoms with Crippen molar-refractivity contribution < 1.29 is 14.3 Å². The molecule has 0 bridgehead atoms. The second-order valence-electron chi connectivity index (χ2n) is 4.17. The van der Waals surface area contributed by atoms with Gasteiger partial charge in [-0.3, -0.25) is 5.32 Å². The number of fused-ring (bicyclic) bond motifs is 1. The van der Waals surface area contributed by atoms with Crippen LogP contribution >= 0.6 is 0 Å². The zero-order valence-electron chi connectivity index (χ0n) is 11.6. The molecule has 0 atom stereocenters. The van der Waals surface area contributed by atoms with Crippen molar-refractivity contribution in [1.29, 1.82) is 0 Å². The molecule has 2 heterocycles. The molecule has 2 aromatic heterocycles. The predicted molar refractivity (Wildman–Crippen MR) is 75.7 cm³/mol. The molecule has 9 heteroatoms. The van der Waals surface area contributed by atoms with Crippen molar-refractivity contribution in [2.45, 2.75) is 6.92 Å². The fraction of sp³-hybridized carbons (Fsp3) is 0.154. The summed E-state index contributed by atoms with van der Waals surface area (Å²) in [5, 5.41) is 17.6. The lowest BCUT2D eigenvalue weighted by Crippen LogP contribution is -2.13. The first-order valence-electron chi connectivity index (χ1n) is 6.52. The van der Waals surface area contributed by atoms with E-state index in [-0.39, 0.29) is 0 Å². The molecule has 0 spiro atoms. The summed E-state index contributed by atoms with van der Waals surface area (Å²) >= 11 is 0. The van der Waals surface area contributed by atoms with Gasteiger partial charge in [0, 0.05) is 11.8 Å². The van der Waals surface area contributed by atoms with E-state index in [0.717, 1.165) is 0 Å². The van der Waals surface area contributed by atoms with E-state index >= 15 is 0 Å². The van der Waals surface area contributed by atoms with Gasteiger partial charge in [0.25, 0.3) is 0 Å². The van der Waals surface area contributed by atoms with Crippen molar-refractivity contribution in [2.24, 2.45) is 0 Å². The van der Waals surface area contributed by atoms with E-state index in [2.05, 4.69) is 25.9 Å². The van der Waals surface area contributed by atoms with Gasteiger partial charge >= 0.3 is 6.09 Å². The minimum absolute atomic E-state index is 0.318. The predicted octanol–water partition coefficient (Wildman–Crippen LogP) is 1.88. The minimum atomic E-state index is -0.498. The number of hydrogen-bond donors (Lipinski definition) is 1. The van der Waals surface area contributed by atoms with Crippen molar-refractivity contribution in [1.82, 2.24) is 25.3 Å². The van der Waals surface area contributed by atoms with E-state index in [1.54, 1.807) is 43.3 Å². The van der Waals surface area contributed by atoms with Gasteiger partial charge in [0.05, 0.1) is 6.61 Å². The molecule has 0 aliphatic heterocycles. The van der Waals surface area contributed by atoms with Gasteiger partial charge in [0.15, 0.2) is 5.65 Å². The molecule has 0 aliphatic rings. The van der Waals surface area contributed by atoms with Gasteiger partial charge in [0.2, 0.25) is 5.88 Å². The first-order chi connectivity index (χ1) is 10.7. The number of hydrogen-bond acceptors (Lipinski definition) is 7. The molecule has 3 aromatic rings. The van der Waals surface area contributed by atoms with Gasteiger partial charge in [-0.05, 0) is 47.7 Å². The van der Waals surface area contributed by atoms with E-state index in [0.29, 0.717) is 29.6 Å². The largest absolute Gasteiger partial charge is 0.450 e. The van der Waals surface area contributed by atoms with Crippen molar-refractivity contribution >= 4 is 17.4 Å². The third kappa shape index (κ3) is 3.08. The molecule has 0 fully saturated rings. The third-order valence-electron chi connectivity index (χ3n) is 2.64. The quantitative estimate of drug-likeness (QED) is 0.784. The summed E-state index contributed by atoms with van der Waals surface area (Å²) in [6.45, 7) is 2.06. The molecule has 0 saturated carbocycles. The molecule has 0 aliphatic carbocycles. The third-order valence-corrected chi connectivity index (χ3v) is 2.64. The number of nitrogens with zero attached hydrogens (tertiary/aromatic N) is 5. The van der Waals surface area contributed by atoms with E-state index in [1.807, 2.05) is 0 Å². The Kier molecular flexibility index (Phi) is 3.77. The van der Waals surface area contributed by atoms with E-state index < -0.39 is 6.09 Å². The van der Waals surface area contributed by atoms with Crippen molar-refractivity contribution in [3.63, 3.8) is 0 Å². The first kappa shape index (κ1) is 13.7. The summed E-state index contributed by atoms with van der Waals surface area (Å²) in [5.41, 5.74) is 1.14. The summed E-state index contributed by atoms with van der Waals surface area (Å²) in [4.78, 5) is 11.3. The second kappa shape index (κ2) is 6.04. The minimum Gasteiger partial charge on any atom is -0.450 e. The van der Waals surface area contributed by atoms with Gasteiger partial charge in [0.1, 0.15) is 5.75 Å². The molecular formula is C13H12N6O3. The van der Waals surface area contributed by atoms with Crippen molar-refractivity contribution in [3.05, 3.63) is 36.4 Å². The summed E-state index contributed by atoms with van der Waals surface area (Å²) in [5.74, 6) is 0.917. The Labute approximate surface area is 124 Å². The summed E-state index contributed by atoms with van der Waals surface area (Å²) in [6.07, 6.45) is -0.498. The first-order valence-corrected chi connectivity index (χ1v) is 6.52. The van der Waals surface area contributed by atoms with E-state index in [9.17, 15) is 4.79 Å². The number of amides is 1. The normalized spacial score (nSPS) is 10.4. The fourth-order valence-electron chi connectivity index (χ4n) is 1.70. The molecule has 0 unspecified atom stereocenters. The molecule has 1 aromatic carbocycles. The maximum atomic E-state index is 11.3. The van der Waals surface area contributed by atoms with Crippen LogP contribution in [0.4, 0.5) is 10.5 Å². The summed E-state index contributed by atoms with van der Waals surface area (Å²) in [6, 6.07) is 10.2. The van der Waals surface area contributed by atoms with Crippen LogP contribution in [-0.2, 0) is 4.74 Å².